The Kier molecular flexibility index (Phi) is 8.19. The van der Waals surface area contributed by atoms with Gasteiger partial charge in [-0.15, -0.1) is 0 Å². The van der Waals surface area contributed by atoms with Crippen molar-refractivity contribution in [3.63, 3.8) is 0 Å². The molecule has 21 heavy (non-hydrogen) atoms. The van der Waals surface area contributed by atoms with Gasteiger partial charge in [0.1, 0.15) is 25.4 Å². The second-order valence-corrected chi connectivity index (χ2v) is 4.92. The van der Waals surface area contributed by atoms with Gasteiger partial charge < -0.3 is 31.8 Å². The van der Waals surface area contributed by atoms with Gasteiger partial charge >= 0.3 is 0 Å². The van der Waals surface area contributed by atoms with Crippen LogP contribution in [0.5, 0.6) is 5.75 Å². The molecule has 0 radical (unpaired) electrons. The van der Waals surface area contributed by atoms with Gasteiger partial charge in [0, 0.05) is 6.07 Å². The summed E-state index contributed by atoms with van der Waals surface area (Å²) in [6.45, 7) is 1.07. The molecule has 1 rings (SSSR count). The highest BCUT2D eigenvalue weighted by molar-refractivity contribution is 5.44. The number of nitro groups is 1. The highest BCUT2D eigenvalue weighted by Crippen LogP contribution is 2.26. The van der Waals surface area contributed by atoms with Gasteiger partial charge in [0.25, 0.3) is 5.69 Å². The Morgan fingerprint density at radius 2 is 1.86 bits per heavy atom. The Morgan fingerprint density at radius 3 is 2.29 bits per heavy atom. The number of likely N-dealkylation sites (N-methyl/N-ethyl adjacent to an activating group) is 1. The summed E-state index contributed by atoms with van der Waals surface area (Å²) < 4.78 is 5.42. The molecule has 1 aromatic carbocycles. The van der Waals surface area contributed by atoms with Crippen molar-refractivity contribution >= 4 is 5.69 Å². The molecule has 0 amide bonds. The molecule has 0 aliphatic heterocycles. The zero-order valence-corrected chi connectivity index (χ0v) is 12.9. The van der Waals surface area contributed by atoms with Crippen LogP contribution < -0.4 is 17.1 Å². The van der Waals surface area contributed by atoms with Gasteiger partial charge in [-0.25, -0.2) is 0 Å². The average molecular weight is 321 g/mol. The maximum atomic E-state index is 11.1. The molecule has 0 atom stereocenters. The normalized spacial score (nSPS) is 10.9. The molecular weight excluding hydrogens is 300 g/mol. The first kappa shape index (κ1) is 19.6. The lowest BCUT2D eigenvalue weighted by Crippen LogP contribution is -3.00. The third-order valence-corrected chi connectivity index (χ3v) is 3.32. The smallest absolute Gasteiger partial charge is 0.278 e. The predicted molar refractivity (Wildman–Crippen MR) is 73.4 cm³/mol. The Morgan fingerprint density at radius 1 is 1.29 bits per heavy atom. The van der Waals surface area contributed by atoms with E-state index in [4.69, 9.17) is 14.9 Å². The maximum Gasteiger partial charge on any atom is 0.278 e. The number of ether oxygens (including phenoxy) is 1. The van der Waals surface area contributed by atoms with Crippen LogP contribution in [0.2, 0.25) is 0 Å². The van der Waals surface area contributed by atoms with E-state index in [1.54, 1.807) is 12.1 Å². The number of nitro benzene ring substituents is 1. The van der Waals surface area contributed by atoms with Crippen molar-refractivity contribution in [3.05, 3.63) is 33.9 Å². The second kappa shape index (κ2) is 8.78. The van der Waals surface area contributed by atoms with Crippen LogP contribution >= 0.6 is 0 Å². The topological polar surface area (TPSA) is 92.8 Å². The first-order valence-electron chi connectivity index (χ1n) is 6.32. The molecule has 120 valence electrons. The van der Waals surface area contributed by atoms with E-state index in [2.05, 4.69) is 0 Å². The second-order valence-electron chi connectivity index (χ2n) is 4.92. The molecular formula is C13H21ClN2O5. The van der Waals surface area contributed by atoms with Gasteiger partial charge in [0.2, 0.25) is 0 Å². The Labute approximate surface area is 129 Å². The fourth-order valence-electron chi connectivity index (χ4n) is 2.16. The molecule has 0 saturated carbocycles. The van der Waals surface area contributed by atoms with E-state index in [1.165, 1.54) is 13.2 Å². The zero-order chi connectivity index (χ0) is 15.2. The van der Waals surface area contributed by atoms with E-state index >= 15 is 0 Å². The summed E-state index contributed by atoms with van der Waals surface area (Å²) in [4.78, 5) is 10.6. The number of aliphatic hydroxyl groups excluding tert-OH is 2. The molecule has 2 N–H and O–H groups in total. The fraction of sp³-hybridized carbons (Fsp3) is 0.538. The number of aliphatic hydroxyl groups is 2. The van der Waals surface area contributed by atoms with Gasteiger partial charge in [-0.05, 0) is 12.1 Å². The first-order chi connectivity index (χ1) is 9.45. The van der Waals surface area contributed by atoms with Gasteiger partial charge in [0.15, 0.2) is 0 Å². The summed E-state index contributed by atoms with van der Waals surface area (Å²) in [7, 11) is 3.34. The Balaban J connectivity index is 0.00000400. The minimum atomic E-state index is -0.434. The quantitative estimate of drug-likeness (QED) is 0.315. The molecule has 0 spiro atoms. The highest BCUT2D eigenvalue weighted by atomic mass is 35.5. The van der Waals surface area contributed by atoms with Crippen molar-refractivity contribution in [3.8, 4) is 5.75 Å². The summed E-state index contributed by atoms with van der Waals surface area (Å²) in [5, 5.41) is 29.3. The molecule has 8 heteroatoms. The van der Waals surface area contributed by atoms with Crippen molar-refractivity contribution in [1.29, 1.82) is 0 Å². The monoisotopic (exact) mass is 320 g/mol. The maximum absolute atomic E-state index is 11.1. The number of quaternary nitrogens is 1. The van der Waals surface area contributed by atoms with Crippen LogP contribution in [0.1, 0.15) is 5.56 Å². The van der Waals surface area contributed by atoms with E-state index in [0.29, 0.717) is 35.4 Å². The molecule has 0 aromatic heterocycles. The van der Waals surface area contributed by atoms with Gasteiger partial charge in [-0.1, -0.05) is 0 Å². The molecule has 0 aliphatic carbocycles. The van der Waals surface area contributed by atoms with Crippen LogP contribution in [-0.2, 0) is 6.54 Å². The van der Waals surface area contributed by atoms with Crippen LogP contribution in [-0.4, -0.2) is 60.1 Å². The van der Waals surface area contributed by atoms with Crippen molar-refractivity contribution in [2.75, 3.05) is 40.5 Å². The van der Waals surface area contributed by atoms with Gasteiger partial charge in [-0.3, -0.25) is 10.1 Å². The summed E-state index contributed by atoms with van der Waals surface area (Å²) in [5.74, 6) is 0.546. The summed E-state index contributed by atoms with van der Waals surface area (Å²) in [5.41, 5.74) is 0.546. The molecule has 0 heterocycles. The minimum Gasteiger partial charge on any atom is -1.00 e. The van der Waals surface area contributed by atoms with E-state index in [0.717, 1.165) is 0 Å². The third-order valence-electron chi connectivity index (χ3n) is 3.32. The van der Waals surface area contributed by atoms with Gasteiger partial charge in [-0.2, -0.15) is 0 Å². The molecule has 0 bridgehead atoms. The van der Waals surface area contributed by atoms with Crippen molar-refractivity contribution in [1.82, 2.24) is 0 Å². The number of hydrogen-bond acceptors (Lipinski definition) is 5. The number of benzene rings is 1. The molecule has 1 aromatic rings. The van der Waals surface area contributed by atoms with Crippen molar-refractivity contribution in [2.45, 2.75) is 6.54 Å². The van der Waals surface area contributed by atoms with E-state index in [-0.39, 0.29) is 31.3 Å². The van der Waals surface area contributed by atoms with E-state index in [9.17, 15) is 10.1 Å². The van der Waals surface area contributed by atoms with Crippen molar-refractivity contribution < 1.29 is 36.8 Å². The van der Waals surface area contributed by atoms with Crippen LogP contribution in [0.3, 0.4) is 0 Å². The largest absolute Gasteiger partial charge is 1.00 e. The lowest BCUT2D eigenvalue weighted by Gasteiger charge is -2.33. The Hall–Kier alpha value is -1.41. The highest BCUT2D eigenvalue weighted by Gasteiger charge is 2.26. The number of halogens is 1. The molecule has 0 saturated heterocycles. The average Bonchev–Trinajstić information content (AvgIpc) is 2.38. The summed E-state index contributed by atoms with van der Waals surface area (Å²) in [6.07, 6.45) is 0. The predicted octanol–water partition coefficient (Wildman–Crippen LogP) is -2.46. The standard InChI is InChI=1S/C13H21N2O5.ClH/c1-15(5-7-16,6-8-17)10-11-9-12(20-2)3-4-13(11)14(18)19;/h3-4,9,16-17H,5-8,10H2,1-2H3;1H/q+1;/p-1. The van der Waals surface area contributed by atoms with Crippen LogP contribution in [0.15, 0.2) is 18.2 Å². The fourth-order valence-corrected chi connectivity index (χ4v) is 2.16. The zero-order valence-electron chi connectivity index (χ0n) is 12.2. The van der Waals surface area contributed by atoms with Crippen LogP contribution in [0, 0.1) is 10.1 Å². The SMILES string of the molecule is COc1ccc([N+](=O)[O-])c(C[N+](C)(CCO)CCO)c1.[Cl-]. The van der Waals surface area contributed by atoms with E-state index < -0.39 is 4.92 Å². The van der Waals surface area contributed by atoms with Gasteiger partial charge in [0.05, 0.1) is 37.9 Å². The summed E-state index contributed by atoms with van der Waals surface area (Å²) >= 11 is 0. The third kappa shape index (κ3) is 5.47. The number of hydrogen-bond donors (Lipinski definition) is 2. The lowest BCUT2D eigenvalue weighted by atomic mass is 10.1. The number of methoxy groups -OCH3 is 1. The van der Waals surface area contributed by atoms with E-state index in [1.807, 2.05) is 7.05 Å². The lowest BCUT2D eigenvalue weighted by molar-refractivity contribution is -0.923. The molecule has 0 aliphatic rings. The first-order valence-corrected chi connectivity index (χ1v) is 6.32. The Bertz CT molecular complexity index is 464. The number of rotatable bonds is 8. The summed E-state index contributed by atoms with van der Waals surface area (Å²) in [6, 6.07) is 4.59. The molecule has 7 nitrogen and oxygen atoms in total. The molecule has 0 unspecified atom stereocenters. The minimum absolute atomic E-state index is 0. The van der Waals surface area contributed by atoms with Crippen LogP contribution in [0.25, 0.3) is 0 Å². The number of nitrogens with zero attached hydrogens (tertiary/aromatic N) is 2. The van der Waals surface area contributed by atoms with Crippen LogP contribution in [0.4, 0.5) is 5.69 Å². The van der Waals surface area contributed by atoms with Crippen molar-refractivity contribution in [2.24, 2.45) is 0 Å². The molecule has 0 fully saturated rings.